The molecule has 2 heterocycles. The van der Waals surface area contributed by atoms with Crippen molar-refractivity contribution in [3.8, 4) is 0 Å². The highest BCUT2D eigenvalue weighted by Crippen LogP contribution is 2.31. The summed E-state index contributed by atoms with van der Waals surface area (Å²) in [6, 6.07) is 12.2. The molecule has 0 amide bonds. The third-order valence-corrected chi connectivity index (χ3v) is 8.10. The van der Waals surface area contributed by atoms with Gasteiger partial charge in [0.05, 0.1) is 5.69 Å². The number of nitrogens with zero attached hydrogens (tertiary/aromatic N) is 4. The van der Waals surface area contributed by atoms with Crippen LogP contribution < -0.4 is 5.32 Å². The average Bonchev–Trinajstić information content (AvgIpc) is 3.30. The van der Waals surface area contributed by atoms with E-state index in [9.17, 15) is 8.42 Å². The van der Waals surface area contributed by atoms with Gasteiger partial charge in [-0.25, -0.2) is 8.42 Å². The molecule has 1 saturated heterocycles. The maximum atomic E-state index is 12.7. The smallest absolute Gasteiger partial charge is 0.220 e. The molecule has 2 aromatic rings. The fourth-order valence-corrected chi connectivity index (χ4v) is 5.58. The highest BCUT2D eigenvalue weighted by atomic mass is 32.2. The van der Waals surface area contributed by atoms with Crippen molar-refractivity contribution in [2.24, 2.45) is 4.99 Å². The molecule has 0 atom stereocenters. The molecule has 8 nitrogen and oxygen atoms in total. The standard InChI is InChI=1S/C22H33N5O3S/c1-4-22(5-2,19-9-7-6-8-10-19)18-24-21(23-3)26-12-14-27(15-13-26)31(28,29)17-20-11-16-30-25-20/h6-11,16H,4-5,12-15,17-18H2,1-3H3,(H,23,24). The predicted molar refractivity (Wildman–Crippen MR) is 122 cm³/mol. The van der Waals surface area contributed by atoms with Crippen LogP contribution in [0.15, 0.2) is 52.2 Å². The molecule has 0 spiro atoms. The lowest BCUT2D eigenvalue weighted by atomic mass is 9.76. The van der Waals surface area contributed by atoms with Crippen molar-refractivity contribution in [3.05, 3.63) is 53.9 Å². The molecule has 0 radical (unpaired) electrons. The van der Waals surface area contributed by atoms with Gasteiger partial charge in [0.1, 0.15) is 12.0 Å². The molecule has 0 saturated carbocycles. The summed E-state index contributed by atoms with van der Waals surface area (Å²) in [6.07, 6.45) is 3.43. The van der Waals surface area contributed by atoms with Crippen molar-refractivity contribution in [2.45, 2.75) is 37.9 Å². The molecule has 1 aromatic heterocycles. The van der Waals surface area contributed by atoms with Gasteiger partial charge in [-0.05, 0) is 18.4 Å². The third kappa shape index (κ3) is 5.46. The first-order chi connectivity index (χ1) is 14.9. The van der Waals surface area contributed by atoms with Crippen LogP contribution in [0.5, 0.6) is 0 Å². The SMILES string of the molecule is CCC(CC)(CNC(=NC)N1CCN(S(=O)(=O)Cc2ccon2)CC1)c1ccccc1. The van der Waals surface area contributed by atoms with E-state index in [1.807, 2.05) is 6.07 Å². The Labute approximate surface area is 185 Å². The summed E-state index contributed by atoms with van der Waals surface area (Å²) in [5.41, 5.74) is 1.78. The monoisotopic (exact) mass is 447 g/mol. The van der Waals surface area contributed by atoms with E-state index in [-0.39, 0.29) is 11.2 Å². The van der Waals surface area contributed by atoms with E-state index in [1.165, 1.54) is 16.1 Å². The topological polar surface area (TPSA) is 91.0 Å². The molecule has 1 aliphatic heterocycles. The van der Waals surface area contributed by atoms with Crippen LogP contribution >= 0.6 is 0 Å². The fraction of sp³-hybridized carbons (Fsp3) is 0.545. The number of aromatic nitrogens is 1. The van der Waals surface area contributed by atoms with Gasteiger partial charge in [0, 0.05) is 51.3 Å². The lowest BCUT2D eigenvalue weighted by Crippen LogP contribution is -2.55. The molecule has 0 unspecified atom stereocenters. The first kappa shape index (κ1) is 23.3. The highest BCUT2D eigenvalue weighted by molar-refractivity contribution is 7.88. The van der Waals surface area contributed by atoms with E-state index in [1.54, 1.807) is 13.1 Å². The second kappa shape index (κ2) is 10.3. The van der Waals surface area contributed by atoms with Gasteiger partial charge in [-0.2, -0.15) is 4.31 Å². The Kier molecular flexibility index (Phi) is 7.72. The normalized spacial score (nSPS) is 16.5. The maximum absolute atomic E-state index is 12.7. The van der Waals surface area contributed by atoms with Crippen LogP contribution in [0.3, 0.4) is 0 Å². The molecule has 31 heavy (non-hydrogen) atoms. The minimum atomic E-state index is -3.42. The number of nitrogens with one attached hydrogen (secondary N) is 1. The molecule has 9 heteroatoms. The van der Waals surface area contributed by atoms with Crippen molar-refractivity contribution in [2.75, 3.05) is 39.8 Å². The van der Waals surface area contributed by atoms with E-state index >= 15 is 0 Å². The maximum Gasteiger partial charge on any atom is 0.220 e. The Balaban J connectivity index is 1.60. The van der Waals surface area contributed by atoms with Gasteiger partial charge in [0.2, 0.25) is 10.0 Å². The first-order valence-corrected chi connectivity index (χ1v) is 12.4. The largest absolute Gasteiger partial charge is 0.364 e. The number of hydrogen-bond acceptors (Lipinski definition) is 5. The lowest BCUT2D eigenvalue weighted by molar-refractivity contribution is 0.257. The lowest BCUT2D eigenvalue weighted by Gasteiger charge is -2.38. The highest BCUT2D eigenvalue weighted by Gasteiger charge is 2.31. The first-order valence-electron chi connectivity index (χ1n) is 10.8. The molecule has 1 N–H and O–H groups in total. The Hall–Kier alpha value is -2.39. The van der Waals surface area contributed by atoms with Gasteiger partial charge in [-0.1, -0.05) is 49.3 Å². The number of aliphatic imine (C=N–C) groups is 1. The van der Waals surface area contributed by atoms with Crippen LogP contribution in [0.25, 0.3) is 0 Å². The Morgan fingerprint density at radius 2 is 1.81 bits per heavy atom. The van der Waals surface area contributed by atoms with Crippen LogP contribution in [-0.4, -0.2) is 68.5 Å². The van der Waals surface area contributed by atoms with Crippen LogP contribution in [0.4, 0.5) is 0 Å². The molecule has 1 aliphatic rings. The average molecular weight is 448 g/mol. The van der Waals surface area contributed by atoms with Crippen molar-refractivity contribution < 1.29 is 12.9 Å². The summed E-state index contributed by atoms with van der Waals surface area (Å²) in [5.74, 6) is 0.680. The molecule has 1 aromatic carbocycles. The Morgan fingerprint density at radius 3 is 2.35 bits per heavy atom. The molecule has 3 rings (SSSR count). The zero-order valence-electron chi connectivity index (χ0n) is 18.6. The van der Waals surface area contributed by atoms with Crippen molar-refractivity contribution in [1.82, 2.24) is 19.7 Å². The van der Waals surface area contributed by atoms with Gasteiger partial charge in [-0.15, -0.1) is 0 Å². The van der Waals surface area contributed by atoms with E-state index in [4.69, 9.17) is 4.52 Å². The quantitative estimate of drug-likeness (QED) is 0.494. The van der Waals surface area contributed by atoms with E-state index in [0.29, 0.717) is 31.9 Å². The van der Waals surface area contributed by atoms with Crippen LogP contribution in [0.2, 0.25) is 0 Å². The zero-order valence-corrected chi connectivity index (χ0v) is 19.4. The predicted octanol–water partition coefficient (Wildman–Crippen LogP) is 2.46. The second-order valence-electron chi connectivity index (χ2n) is 7.89. The third-order valence-electron chi connectivity index (χ3n) is 6.29. The van der Waals surface area contributed by atoms with E-state index < -0.39 is 10.0 Å². The molecular formula is C22H33N5O3S. The van der Waals surface area contributed by atoms with Gasteiger partial charge in [-0.3, -0.25) is 4.99 Å². The molecule has 170 valence electrons. The van der Waals surface area contributed by atoms with Gasteiger partial charge < -0.3 is 14.7 Å². The molecule has 1 fully saturated rings. The number of guanidine groups is 1. The summed E-state index contributed by atoms with van der Waals surface area (Å²) >= 11 is 0. The summed E-state index contributed by atoms with van der Waals surface area (Å²) < 4.78 is 31.6. The molecule has 0 bridgehead atoms. The zero-order chi connectivity index (χ0) is 22.3. The molecule has 0 aliphatic carbocycles. The van der Waals surface area contributed by atoms with Gasteiger partial charge in [0.15, 0.2) is 5.96 Å². The summed E-state index contributed by atoms with van der Waals surface area (Å²) in [6.45, 7) is 7.25. The van der Waals surface area contributed by atoms with Gasteiger partial charge >= 0.3 is 0 Å². The van der Waals surface area contributed by atoms with E-state index in [2.05, 4.69) is 58.5 Å². The fourth-order valence-electron chi connectivity index (χ4n) is 4.15. The number of sulfonamides is 1. The minimum Gasteiger partial charge on any atom is -0.364 e. The van der Waals surface area contributed by atoms with Crippen molar-refractivity contribution >= 4 is 16.0 Å². The molecular weight excluding hydrogens is 414 g/mol. The Bertz CT molecular complexity index is 933. The van der Waals surface area contributed by atoms with Crippen molar-refractivity contribution in [3.63, 3.8) is 0 Å². The van der Waals surface area contributed by atoms with E-state index in [0.717, 1.165) is 25.3 Å². The van der Waals surface area contributed by atoms with Crippen LogP contribution in [-0.2, 0) is 21.2 Å². The number of hydrogen-bond donors (Lipinski definition) is 1. The Morgan fingerprint density at radius 1 is 1.13 bits per heavy atom. The van der Waals surface area contributed by atoms with Crippen molar-refractivity contribution in [1.29, 1.82) is 0 Å². The summed E-state index contributed by atoms with van der Waals surface area (Å²) in [4.78, 5) is 6.59. The summed E-state index contributed by atoms with van der Waals surface area (Å²) in [5, 5.41) is 7.28. The minimum absolute atomic E-state index is 0.0277. The van der Waals surface area contributed by atoms with Crippen LogP contribution in [0.1, 0.15) is 37.9 Å². The number of benzene rings is 1. The second-order valence-corrected chi connectivity index (χ2v) is 9.86. The van der Waals surface area contributed by atoms with Crippen LogP contribution in [0, 0.1) is 0 Å². The number of piperazine rings is 1. The summed E-state index contributed by atoms with van der Waals surface area (Å²) in [7, 11) is -1.64. The number of rotatable bonds is 8. The van der Waals surface area contributed by atoms with Gasteiger partial charge in [0.25, 0.3) is 0 Å².